The Labute approximate surface area is 206 Å². The quantitative estimate of drug-likeness (QED) is 0.453. The van der Waals surface area contributed by atoms with E-state index in [4.69, 9.17) is 5.73 Å². The zero-order valence-electron chi connectivity index (χ0n) is 19.6. The molecule has 3 aromatic rings. The first-order valence-electron chi connectivity index (χ1n) is 11.3. The number of hydrogen-bond donors (Lipinski definition) is 3. The molecular formula is C24H29N5O3S2. The molecule has 1 unspecified atom stereocenters. The summed E-state index contributed by atoms with van der Waals surface area (Å²) >= 11 is 2.90. The molecular weight excluding hydrogens is 470 g/mol. The number of primary amides is 1. The molecule has 8 nitrogen and oxygen atoms in total. The number of nitrogens with two attached hydrogens (primary N) is 1. The molecule has 2 amide bonds. The number of carbonyl (C=O) groups is 2. The van der Waals surface area contributed by atoms with Crippen molar-refractivity contribution in [3.05, 3.63) is 50.4 Å². The van der Waals surface area contributed by atoms with Crippen molar-refractivity contribution in [3.8, 4) is 0 Å². The van der Waals surface area contributed by atoms with Gasteiger partial charge in [-0.1, -0.05) is 0 Å². The zero-order valence-corrected chi connectivity index (χ0v) is 21.2. The Morgan fingerprint density at radius 2 is 2.00 bits per heavy atom. The minimum absolute atomic E-state index is 0.144. The van der Waals surface area contributed by atoms with Crippen LogP contribution in [0.3, 0.4) is 0 Å². The van der Waals surface area contributed by atoms with Gasteiger partial charge in [0.2, 0.25) is 11.8 Å². The average Bonchev–Trinajstić information content (AvgIpc) is 3.11. The van der Waals surface area contributed by atoms with E-state index in [0.717, 1.165) is 46.9 Å². The van der Waals surface area contributed by atoms with Gasteiger partial charge in [0.15, 0.2) is 0 Å². The van der Waals surface area contributed by atoms with Gasteiger partial charge in [-0.05, 0) is 63.8 Å². The minimum Gasteiger partial charge on any atom is -0.370 e. The first-order valence-corrected chi connectivity index (χ1v) is 13.2. The topological polar surface area (TPSA) is 121 Å². The third kappa shape index (κ3) is 5.12. The number of carbonyl (C=O) groups excluding carboxylic acids is 2. The molecule has 4 N–H and O–H groups in total. The van der Waals surface area contributed by atoms with Crippen LogP contribution in [0.25, 0.3) is 10.2 Å². The molecule has 1 atom stereocenters. The second-order valence-electron chi connectivity index (χ2n) is 8.56. The highest BCUT2D eigenvalue weighted by Gasteiger charge is 2.21. The fraction of sp³-hybridized carbons (Fsp3) is 0.417. The molecule has 1 fully saturated rings. The molecule has 0 aliphatic carbocycles. The Balaban J connectivity index is 1.48. The monoisotopic (exact) mass is 499 g/mol. The summed E-state index contributed by atoms with van der Waals surface area (Å²) in [6.45, 7) is 7.54. The lowest BCUT2D eigenvalue weighted by atomic mass is 10.1. The van der Waals surface area contributed by atoms with E-state index in [2.05, 4.69) is 20.2 Å². The molecule has 0 saturated carbocycles. The number of nitrogens with zero attached hydrogens (tertiary/aromatic N) is 2. The van der Waals surface area contributed by atoms with Gasteiger partial charge in [-0.15, -0.1) is 23.1 Å². The van der Waals surface area contributed by atoms with E-state index in [9.17, 15) is 14.4 Å². The standard InChI is InChI=1S/C24H29N5O3S2/c1-13-14(2)34-24-20(13)23(32)27-19(28-24)12-33-15(3)22(31)26-17-11-16(21(25)30)7-8-18(17)29-9-5-4-6-10-29/h7-8,11,15H,4-6,9-10,12H2,1-3H3,(H2,25,30)(H,26,31)(H,27,28,32). The SMILES string of the molecule is Cc1sc2nc(CSC(C)C(=O)Nc3cc(C(N)=O)ccc3N3CCCCC3)[nH]c(=O)c2c1C. The first kappa shape index (κ1) is 24.3. The molecule has 1 aromatic carbocycles. The summed E-state index contributed by atoms with van der Waals surface area (Å²) in [4.78, 5) is 48.7. The van der Waals surface area contributed by atoms with Crippen molar-refractivity contribution in [2.45, 2.75) is 51.0 Å². The summed E-state index contributed by atoms with van der Waals surface area (Å²) in [5.41, 5.74) is 8.13. The lowest BCUT2D eigenvalue weighted by Gasteiger charge is -2.31. The molecule has 2 aromatic heterocycles. The number of aryl methyl sites for hydroxylation is 2. The Kier molecular flexibility index (Phi) is 7.27. The molecule has 180 valence electrons. The molecule has 34 heavy (non-hydrogen) atoms. The van der Waals surface area contributed by atoms with Crippen LogP contribution in [-0.4, -0.2) is 40.1 Å². The first-order chi connectivity index (χ1) is 16.2. The van der Waals surface area contributed by atoms with Crippen molar-refractivity contribution in [1.82, 2.24) is 9.97 Å². The van der Waals surface area contributed by atoms with Crippen molar-refractivity contribution >= 4 is 56.5 Å². The molecule has 0 radical (unpaired) electrons. The fourth-order valence-electron chi connectivity index (χ4n) is 4.08. The van der Waals surface area contributed by atoms with E-state index in [1.165, 1.54) is 29.5 Å². The molecule has 1 saturated heterocycles. The number of piperidine rings is 1. The Morgan fingerprint density at radius 3 is 2.71 bits per heavy atom. The van der Waals surface area contributed by atoms with Gasteiger partial charge in [-0.2, -0.15) is 0 Å². The predicted molar refractivity (Wildman–Crippen MR) is 140 cm³/mol. The van der Waals surface area contributed by atoms with E-state index in [-0.39, 0.29) is 11.5 Å². The van der Waals surface area contributed by atoms with Crippen molar-refractivity contribution in [1.29, 1.82) is 0 Å². The van der Waals surface area contributed by atoms with E-state index in [0.29, 0.717) is 28.2 Å². The van der Waals surface area contributed by atoms with Crippen molar-refractivity contribution in [2.24, 2.45) is 5.73 Å². The minimum atomic E-state index is -0.535. The summed E-state index contributed by atoms with van der Waals surface area (Å²) in [7, 11) is 0. The third-order valence-electron chi connectivity index (χ3n) is 6.16. The van der Waals surface area contributed by atoms with Gasteiger partial charge < -0.3 is 20.9 Å². The number of benzene rings is 1. The number of aromatic nitrogens is 2. The number of rotatable bonds is 7. The van der Waals surface area contributed by atoms with E-state index in [1.54, 1.807) is 12.1 Å². The van der Waals surface area contributed by atoms with Crippen LogP contribution in [0.1, 0.15) is 52.8 Å². The number of amides is 2. The van der Waals surface area contributed by atoms with Crippen LogP contribution < -0.4 is 21.5 Å². The Hall–Kier alpha value is -2.85. The number of fused-ring (bicyclic) bond motifs is 1. The number of thioether (sulfide) groups is 1. The molecule has 0 spiro atoms. The lowest BCUT2D eigenvalue weighted by Crippen LogP contribution is -2.31. The second-order valence-corrected chi connectivity index (χ2v) is 11.1. The van der Waals surface area contributed by atoms with Gasteiger partial charge in [0.05, 0.1) is 27.8 Å². The highest BCUT2D eigenvalue weighted by molar-refractivity contribution is 7.99. The fourth-order valence-corrected chi connectivity index (χ4v) is 5.89. The normalized spacial score (nSPS) is 14.9. The van der Waals surface area contributed by atoms with Gasteiger partial charge in [0, 0.05) is 23.5 Å². The van der Waals surface area contributed by atoms with Crippen LogP contribution in [0.2, 0.25) is 0 Å². The van der Waals surface area contributed by atoms with Crippen LogP contribution in [0, 0.1) is 13.8 Å². The Bertz CT molecular complexity index is 1290. The predicted octanol–water partition coefficient (Wildman–Crippen LogP) is 3.95. The molecule has 10 heteroatoms. The number of hydrogen-bond acceptors (Lipinski definition) is 7. The summed E-state index contributed by atoms with van der Waals surface area (Å²) in [6, 6.07) is 5.20. The van der Waals surface area contributed by atoms with Crippen molar-refractivity contribution in [3.63, 3.8) is 0 Å². The number of H-pyrrole nitrogens is 1. The summed E-state index contributed by atoms with van der Waals surface area (Å²) in [5, 5.41) is 3.23. The van der Waals surface area contributed by atoms with Crippen molar-refractivity contribution in [2.75, 3.05) is 23.3 Å². The second kappa shape index (κ2) is 10.2. The largest absolute Gasteiger partial charge is 0.370 e. The van der Waals surface area contributed by atoms with Gasteiger partial charge in [-0.3, -0.25) is 14.4 Å². The van der Waals surface area contributed by atoms with Crippen LogP contribution in [0.5, 0.6) is 0 Å². The van der Waals surface area contributed by atoms with Crippen LogP contribution in [-0.2, 0) is 10.5 Å². The molecule has 0 bridgehead atoms. The molecule has 3 heterocycles. The summed E-state index contributed by atoms with van der Waals surface area (Å²) < 4.78 is 0. The van der Waals surface area contributed by atoms with E-state index >= 15 is 0 Å². The highest BCUT2D eigenvalue weighted by Crippen LogP contribution is 2.31. The summed E-state index contributed by atoms with van der Waals surface area (Å²) in [6.07, 6.45) is 3.38. The maximum atomic E-state index is 13.0. The molecule has 1 aliphatic rings. The maximum Gasteiger partial charge on any atom is 0.259 e. The highest BCUT2D eigenvalue weighted by atomic mass is 32.2. The van der Waals surface area contributed by atoms with E-state index in [1.807, 2.05) is 26.8 Å². The smallest absolute Gasteiger partial charge is 0.259 e. The zero-order chi connectivity index (χ0) is 24.4. The summed E-state index contributed by atoms with van der Waals surface area (Å²) in [5.74, 6) is 0.229. The van der Waals surface area contributed by atoms with Crippen LogP contribution in [0.15, 0.2) is 23.0 Å². The van der Waals surface area contributed by atoms with Gasteiger partial charge in [0.25, 0.3) is 5.56 Å². The van der Waals surface area contributed by atoms with Gasteiger partial charge in [-0.25, -0.2) is 4.98 Å². The van der Waals surface area contributed by atoms with Crippen LogP contribution >= 0.6 is 23.1 Å². The van der Waals surface area contributed by atoms with E-state index < -0.39 is 11.2 Å². The number of aromatic amines is 1. The Morgan fingerprint density at radius 1 is 1.26 bits per heavy atom. The molecule has 1 aliphatic heterocycles. The number of nitrogens with one attached hydrogen (secondary N) is 2. The van der Waals surface area contributed by atoms with Gasteiger partial charge >= 0.3 is 0 Å². The average molecular weight is 500 g/mol. The number of anilines is 2. The molecule has 4 rings (SSSR count). The lowest BCUT2D eigenvalue weighted by molar-refractivity contribution is -0.115. The maximum absolute atomic E-state index is 13.0. The van der Waals surface area contributed by atoms with Crippen LogP contribution in [0.4, 0.5) is 11.4 Å². The van der Waals surface area contributed by atoms with Gasteiger partial charge in [0.1, 0.15) is 10.7 Å². The third-order valence-corrected chi connectivity index (χ3v) is 8.42. The number of thiophene rings is 1. The van der Waals surface area contributed by atoms with Crippen molar-refractivity contribution < 1.29 is 9.59 Å².